The van der Waals surface area contributed by atoms with Crippen molar-refractivity contribution >= 4 is 11.8 Å². The molecule has 8 nitrogen and oxygen atoms in total. The van der Waals surface area contributed by atoms with Gasteiger partial charge < -0.3 is 25.3 Å². The number of hydrogen-bond acceptors (Lipinski definition) is 6. The normalized spacial score (nSPS) is 34.1. The zero-order chi connectivity index (χ0) is 24.7. The summed E-state index contributed by atoms with van der Waals surface area (Å²) in [4.78, 5) is 27.4. The van der Waals surface area contributed by atoms with Gasteiger partial charge in [0.2, 0.25) is 5.91 Å². The van der Waals surface area contributed by atoms with Crippen LogP contribution in [0.5, 0.6) is 11.5 Å². The molecular weight excluding hydrogens is 460 g/mol. The summed E-state index contributed by atoms with van der Waals surface area (Å²) in [5.41, 5.74) is 6.17. The first kappa shape index (κ1) is 24.2. The smallest absolute Gasteiger partial charge is 0.387 e. The van der Waals surface area contributed by atoms with E-state index in [4.69, 9.17) is 15.2 Å². The number of amides is 2. The molecule has 1 saturated heterocycles. The molecule has 0 spiro atoms. The van der Waals surface area contributed by atoms with E-state index in [2.05, 4.69) is 15.0 Å². The summed E-state index contributed by atoms with van der Waals surface area (Å²) in [5, 5.41) is 3.26. The molecule has 0 radical (unpaired) electrons. The molecule has 6 rings (SSSR count). The Hall–Kier alpha value is -2.46. The molecule has 3 N–H and O–H groups in total. The maximum absolute atomic E-state index is 13.2. The Kier molecular flexibility index (Phi) is 6.61. The Balaban J connectivity index is 1.20. The fourth-order valence-corrected chi connectivity index (χ4v) is 7.09. The number of halogens is 2. The zero-order valence-corrected chi connectivity index (χ0v) is 19.9. The van der Waals surface area contributed by atoms with Crippen LogP contribution in [0.1, 0.15) is 37.7 Å². The summed E-state index contributed by atoms with van der Waals surface area (Å²) in [6, 6.07) is 4.99. The molecule has 4 saturated carbocycles. The number of carbonyl (C=O) groups excluding carboxylic acids is 2. The van der Waals surface area contributed by atoms with Crippen LogP contribution in [-0.4, -0.2) is 62.3 Å². The first-order valence-electron chi connectivity index (χ1n) is 12.3. The van der Waals surface area contributed by atoms with Crippen molar-refractivity contribution in [1.82, 2.24) is 10.2 Å². The number of hydrogen-bond donors (Lipinski definition) is 2. The number of alkyl halides is 2. The molecule has 0 aromatic heterocycles. The van der Waals surface area contributed by atoms with E-state index >= 15 is 0 Å². The summed E-state index contributed by atoms with van der Waals surface area (Å²) in [7, 11) is 1.40. The second kappa shape index (κ2) is 9.54. The molecule has 192 valence electrons. The molecule has 1 aromatic carbocycles. The maximum atomic E-state index is 13.2. The summed E-state index contributed by atoms with van der Waals surface area (Å²) >= 11 is 0. The Morgan fingerprint density at radius 1 is 1.23 bits per heavy atom. The van der Waals surface area contributed by atoms with Gasteiger partial charge in [-0.1, -0.05) is 6.07 Å². The fourth-order valence-electron chi connectivity index (χ4n) is 7.09. The van der Waals surface area contributed by atoms with Crippen LogP contribution in [0.25, 0.3) is 0 Å². The molecule has 5 fully saturated rings. The molecule has 1 aromatic rings. The number of nitrogens with one attached hydrogen (secondary N) is 1. The Morgan fingerprint density at radius 3 is 2.63 bits per heavy atom. The quantitative estimate of drug-likeness (QED) is 0.576. The predicted octanol–water partition coefficient (Wildman–Crippen LogP) is 2.29. The van der Waals surface area contributed by atoms with Crippen LogP contribution in [-0.2, 0) is 20.9 Å². The number of rotatable bonds is 8. The third kappa shape index (κ3) is 4.82. The number of nitrogens with two attached hydrogens (primary N) is 1. The van der Waals surface area contributed by atoms with Crippen LogP contribution in [0.4, 0.5) is 8.78 Å². The highest BCUT2D eigenvalue weighted by atomic mass is 19.3. The van der Waals surface area contributed by atoms with Gasteiger partial charge in [-0.05, 0) is 67.6 Å². The second-order valence-corrected chi connectivity index (χ2v) is 10.6. The Labute approximate surface area is 203 Å². The fraction of sp³-hybridized carbons (Fsp3) is 0.680. The summed E-state index contributed by atoms with van der Waals surface area (Å²) in [5.74, 6) is 0.999. The van der Waals surface area contributed by atoms with Crippen molar-refractivity contribution in [3.8, 4) is 11.5 Å². The van der Waals surface area contributed by atoms with Crippen LogP contribution >= 0.6 is 0 Å². The molecule has 5 aliphatic rings. The maximum Gasteiger partial charge on any atom is 0.387 e. The molecule has 3 atom stereocenters. The van der Waals surface area contributed by atoms with Gasteiger partial charge in [0.1, 0.15) is 6.10 Å². The summed E-state index contributed by atoms with van der Waals surface area (Å²) in [6.07, 6.45) is 3.88. The monoisotopic (exact) mass is 493 g/mol. The zero-order valence-electron chi connectivity index (χ0n) is 19.9. The lowest BCUT2D eigenvalue weighted by Gasteiger charge is -2.59. The average molecular weight is 494 g/mol. The van der Waals surface area contributed by atoms with Gasteiger partial charge in [-0.25, -0.2) is 0 Å². The van der Waals surface area contributed by atoms with Crippen LogP contribution < -0.4 is 20.5 Å². The first-order valence-corrected chi connectivity index (χ1v) is 12.3. The van der Waals surface area contributed by atoms with E-state index in [0.717, 1.165) is 37.7 Å². The molecule has 1 heterocycles. The van der Waals surface area contributed by atoms with E-state index in [-0.39, 0.29) is 46.6 Å². The Bertz CT molecular complexity index is 960. The minimum Gasteiger partial charge on any atom is -0.493 e. The molecule has 4 bridgehead atoms. The Morgan fingerprint density at radius 2 is 1.97 bits per heavy atom. The highest BCUT2D eigenvalue weighted by Gasteiger charge is 2.58. The standard InChI is InChI=1S/C25H33F2N3O5/c1-33-18-3-2-14(8-19(18)35-24(26)27)12-30-4-5-34-20(13-30)22(31)29-21-16-6-15-7-17(21)11-25(9-15,10-16)23(28)32/h2-3,8,15-17,20-21,24H,4-7,9-13H2,1H3,(H2,28,32)(H,29,31)/t15?,16?,17?,20-,21?,25?/m1/s1. The minimum atomic E-state index is -2.95. The molecule has 2 amide bonds. The van der Waals surface area contributed by atoms with Crippen molar-refractivity contribution in [3.05, 3.63) is 23.8 Å². The lowest BCUT2D eigenvalue weighted by atomic mass is 9.47. The highest BCUT2D eigenvalue weighted by Crippen LogP contribution is 2.59. The minimum absolute atomic E-state index is 0.0156. The van der Waals surface area contributed by atoms with Gasteiger partial charge in [0.15, 0.2) is 11.5 Å². The van der Waals surface area contributed by atoms with E-state index in [9.17, 15) is 18.4 Å². The van der Waals surface area contributed by atoms with Gasteiger partial charge in [-0.15, -0.1) is 0 Å². The van der Waals surface area contributed by atoms with Gasteiger partial charge in [0, 0.05) is 31.1 Å². The van der Waals surface area contributed by atoms with Crippen LogP contribution in [0.3, 0.4) is 0 Å². The van der Waals surface area contributed by atoms with Crippen LogP contribution in [0, 0.1) is 23.2 Å². The molecule has 4 aliphatic carbocycles. The number of ether oxygens (including phenoxy) is 3. The summed E-state index contributed by atoms with van der Waals surface area (Å²) in [6.45, 7) is -1.05. The number of nitrogens with zero attached hydrogens (tertiary/aromatic N) is 1. The van der Waals surface area contributed by atoms with Crippen LogP contribution in [0.15, 0.2) is 18.2 Å². The number of morpholine rings is 1. The van der Waals surface area contributed by atoms with Crippen molar-refractivity contribution in [3.63, 3.8) is 0 Å². The lowest BCUT2D eigenvalue weighted by Crippen LogP contribution is -2.63. The number of benzene rings is 1. The average Bonchev–Trinajstić information content (AvgIpc) is 2.81. The molecular formula is C25H33F2N3O5. The SMILES string of the molecule is COc1ccc(CN2CCO[C@@H](C(=O)NC3C4CC5CC3CC(C(N)=O)(C5)C4)C2)cc1OC(F)F. The van der Waals surface area contributed by atoms with E-state index in [1.807, 2.05) is 0 Å². The summed E-state index contributed by atoms with van der Waals surface area (Å²) < 4.78 is 41.0. The molecule has 1 aliphatic heterocycles. The third-order valence-electron chi connectivity index (χ3n) is 8.40. The predicted molar refractivity (Wildman–Crippen MR) is 122 cm³/mol. The highest BCUT2D eigenvalue weighted by molar-refractivity contribution is 5.83. The number of carbonyl (C=O) groups is 2. The number of primary amides is 1. The third-order valence-corrected chi connectivity index (χ3v) is 8.40. The van der Waals surface area contributed by atoms with Gasteiger partial charge >= 0.3 is 6.61 Å². The molecule has 2 unspecified atom stereocenters. The lowest BCUT2D eigenvalue weighted by molar-refractivity contribution is -0.151. The topological polar surface area (TPSA) is 103 Å². The van der Waals surface area contributed by atoms with Crippen LogP contribution in [0.2, 0.25) is 0 Å². The van der Waals surface area contributed by atoms with Crippen molar-refractivity contribution in [2.45, 2.75) is 57.4 Å². The molecule has 35 heavy (non-hydrogen) atoms. The van der Waals surface area contributed by atoms with E-state index in [1.54, 1.807) is 18.2 Å². The van der Waals surface area contributed by atoms with Crippen molar-refractivity contribution in [2.24, 2.45) is 28.9 Å². The van der Waals surface area contributed by atoms with E-state index in [1.165, 1.54) is 7.11 Å². The molecule has 10 heteroatoms. The van der Waals surface area contributed by atoms with Gasteiger partial charge in [0.25, 0.3) is 5.91 Å². The van der Waals surface area contributed by atoms with E-state index < -0.39 is 12.7 Å². The van der Waals surface area contributed by atoms with Crippen molar-refractivity contribution in [1.29, 1.82) is 0 Å². The number of methoxy groups -OCH3 is 1. The van der Waals surface area contributed by atoms with Gasteiger partial charge in [-0.2, -0.15) is 8.78 Å². The second-order valence-electron chi connectivity index (χ2n) is 10.6. The van der Waals surface area contributed by atoms with E-state index in [0.29, 0.717) is 32.2 Å². The largest absolute Gasteiger partial charge is 0.493 e. The van der Waals surface area contributed by atoms with Gasteiger partial charge in [-0.3, -0.25) is 14.5 Å². The van der Waals surface area contributed by atoms with Crippen molar-refractivity contribution < 1.29 is 32.6 Å². The first-order chi connectivity index (χ1) is 16.8. The van der Waals surface area contributed by atoms with Gasteiger partial charge in [0.05, 0.1) is 13.7 Å². The van der Waals surface area contributed by atoms with Crippen molar-refractivity contribution in [2.75, 3.05) is 26.8 Å².